The molecule has 8 heteroatoms. The van der Waals surface area contributed by atoms with Gasteiger partial charge in [0.1, 0.15) is 0 Å². The topological polar surface area (TPSA) is 25.8 Å². The molecular weight excluding hydrogens is 264 g/mol. The zero-order valence-corrected chi connectivity index (χ0v) is 9.89. The number of hydrogen-bond acceptors (Lipinski definition) is 4. The molecule has 2 nitrogen and oxygen atoms in total. The Labute approximate surface area is 98.5 Å². The summed E-state index contributed by atoms with van der Waals surface area (Å²) in [5.41, 5.74) is 0. The number of hydrogen-bond donors (Lipinski definition) is 0. The quantitative estimate of drug-likeness (QED) is 0.448. The summed E-state index contributed by atoms with van der Waals surface area (Å²) >= 11 is 1.78. The van der Waals surface area contributed by atoms with E-state index < -0.39 is 11.2 Å². The van der Waals surface area contributed by atoms with Crippen LogP contribution in [0.5, 0.6) is 0 Å². The first kappa shape index (κ1) is 13.7. The van der Waals surface area contributed by atoms with Crippen molar-refractivity contribution < 1.29 is 17.6 Å². The standard InChI is InChI=1S/C8H10F4N2S2/c9-4-2-1-3-5-15-7-14-13-6(16-7)8(10,11)12/h1-5H2. The van der Waals surface area contributed by atoms with Gasteiger partial charge in [-0.1, -0.05) is 29.5 Å². The summed E-state index contributed by atoms with van der Waals surface area (Å²) in [6.07, 6.45) is -2.39. The number of rotatable bonds is 6. The molecule has 0 aliphatic carbocycles. The smallest absolute Gasteiger partial charge is 0.251 e. The third-order valence-corrected chi connectivity index (χ3v) is 3.84. The molecule has 0 fully saturated rings. The number of halogens is 4. The maximum atomic E-state index is 12.1. The molecule has 0 N–H and O–H groups in total. The lowest BCUT2D eigenvalue weighted by Crippen LogP contribution is -2.03. The predicted molar refractivity (Wildman–Crippen MR) is 55.5 cm³/mol. The Morgan fingerprint density at radius 3 is 2.44 bits per heavy atom. The molecule has 92 valence electrons. The maximum absolute atomic E-state index is 12.1. The van der Waals surface area contributed by atoms with Gasteiger partial charge in [-0.25, -0.2) is 0 Å². The molecule has 0 amide bonds. The number of thioether (sulfide) groups is 1. The minimum Gasteiger partial charge on any atom is -0.251 e. The van der Waals surface area contributed by atoms with Gasteiger partial charge in [-0.05, 0) is 12.8 Å². The first-order valence-corrected chi connectivity index (χ1v) is 6.43. The van der Waals surface area contributed by atoms with Gasteiger partial charge in [-0.3, -0.25) is 4.39 Å². The summed E-state index contributed by atoms with van der Waals surface area (Å²) in [5.74, 6) is 0.645. The molecular formula is C8H10F4N2S2. The van der Waals surface area contributed by atoms with Crippen LogP contribution in [0.25, 0.3) is 0 Å². The minimum atomic E-state index is -4.41. The van der Waals surface area contributed by atoms with E-state index in [9.17, 15) is 17.6 Å². The second kappa shape index (κ2) is 6.39. The van der Waals surface area contributed by atoms with Crippen molar-refractivity contribution >= 4 is 23.1 Å². The molecule has 0 bridgehead atoms. The normalized spacial score (nSPS) is 12.0. The highest BCUT2D eigenvalue weighted by atomic mass is 32.2. The average molecular weight is 274 g/mol. The number of unbranched alkanes of at least 4 members (excludes halogenated alkanes) is 2. The third kappa shape index (κ3) is 4.65. The fourth-order valence-electron chi connectivity index (χ4n) is 0.915. The summed E-state index contributed by atoms with van der Waals surface area (Å²) in [7, 11) is 0. The molecule has 16 heavy (non-hydrogen) atoms. The Hall–Kier alpha value is -0.370. The molecule has 0 radical (unpaired) electrons. The average Bonchev–Trinajstić information content (AvgIpc) is 2.65. The van der Waals surface area contributed by atoms with Crippen LogP contribution in [-0.2, 0) is 6.18 Å². The zero-order chi connectivity index (χ0) is 12.0. The van der Waals surface area contributed by atoms with Crippen LogP contribution in [0, 0.1) is 0 Å². The van der Waals surface area contributed by atoms with Gasteiger partial charge in [0, 0.05) is 5.75 Å². The van der Waals surface area contributed by atoms with Crippen molar-refractivity contribution in [2.24, 2.45) is 0 Å². The molecule has 0 unspecified atom stereocenters. The van der Waals surface area contributed by atoms with Crippen molar-refractivity contribution in [1.29, 1.82) is 0 Å². The van der Waals surface area contributed by atoms with E-state index in [1.807, 2.05) is 0 Å². The van der Waals surface area contributed by atoms with Gasteiger partial charge in [-0.15, -0.1) is 10.2 Å². The largest absolute Gasteiger partial charge is 0.445 e. The van der Waals surface area contributed by atoms with Crippen molar-refractivity contribution in [3.05, 3.63) is 5.01 Å². The van der Waals surface area contributed by atoms with Gasteiger partial charge in [0.15, 0.2) is 4.34 Å². The Balaban J connectivity index is 2.30. The van der Waals surface area contributed by atoms with Crippen molar-refractivity contribution in [2.45, 2.75) is 29.8 Å². The second-order valence-corrected chi connectivity index (χ2v) is 5.29. The second-order valence-electron chi connectivity index (χ2n) is 2.97. The van der Waals surface area contributed by atoms with E-state index in [-0.39, 0.29) is 6.67 Å². The maximum Gasteiger partial charge on any atom is 0.445 e. The van der Waals surface area contributed by atoms with E-state index in [1.54, 1.807) is 0 Å². The molecule has 0 saturated heterocycles. The fourth-order valence-corrected chi connectivity index (χ4v) is 2.70. The molecule has 0 saturated carbocycles. The molecule has 0 aromatic carbocycles. The van der Waals surface area contributed by atoms with Crippen LogP contribution in [0.1, 0.15) is 24.3 Å². The Morgan fingerprint density at radius 1 is 1.12 bits per heavy atom. The van der Waals surface area contributed by atoms with Crippen LogP contribution in [0.4, 0.5) is 17.6 Å². The van der Waals surface area contributed by atoms with Crippen LogP contribution in [-0.4, -0.2) is 22.6 Å². The van der Waals surface area contributed by atoms with Crippen LogP contribution in [0.3, 0.4) is 0 Å². The first-order chi connectivity index (χ1) is 7.54. The van der Waals surface area contributed by atoms with Gasteiger partial charge < -0.3 is 0 Å². The summed E-state index contributed by atoms with van der Waals surface area (Å²) in [6, 6.07) is 0. The fraction of sp³-hybridized carbons (Fsp3) is 0.750. The van der Waals surface area contributed by atoms with Gasteiger partial charge in [-0.2, -0.15) is 13.2 Å². The van der Waals surface area contributed by atoms with Crippen molar-refractivity contribution in [2.75, 3.05) is 12.4 Å². The third-order valence-electron chi connectivity index (χ3n) is 1.65. The number of alkyl halides is 4. The number of nitrogens with zero attached hydrogens (tertiary/aromatic N) is 2. The summed E-state index contributed by atoms with van der Waals surface area (Å²) in [6.45, 7) is -0.346. The highest BCUT2D eigenvalue weighted by Crippen LogP contribution is 2.34. The molecule has 1 aromatic rings. The van der Waals surface area contributed by atoms with E-state index in [1.165, 1.54) is 11.8 Å². The monoisotopic (exact) mass is 274 g/mol. The molecule has 0 aliphatic heterocycles. The van der Waals surface area contributed by atoms with E-state index >= 15 is 0 Å². The summed E-state index contributed by atoms with van der Waals surface area (Å²) in [5, 5.41) is 5.59. The molecule has 0 spiro atoms. The van der Waals surface area contributed by atoms with E-state index in [2.05, 4.69) is 10.2 Å². The lowest BCUT2D eigenvalue weighted by molar-refractivity contribution is -0.138. The van der Waals surface area contributed by atoms with Gasteiger partial charge in [0.05, 0.1) is 6.67 Å². The lowest BCUT2D eigenvalue weighted by atomic mass is 10.3. The summed E-state index contributed by atoms with van der Waals surface area (Å²) in [4.78, 5) is 0. The van der Waals surface area contributed by atoms with E-state index in [0.717, 1.165) is 12.8 Å². The number of aromatic nitrogens is 2. The minimum absolute atomic E-state index is 0.313. The van der Waals surface area contributed by atoms with Gasteiger partial charge in [0.2, 0.25) is 5.01 Å². The van der Waals surface area contributed by atoms with Gasteiger partial charge in [0.25, 0.3) is 0 Å². The Bertz CT molecular complexity index is 313. The molecule has 1 heterocycles. The predicted octanol–water partition coefficient (Wildman–Crippen LogP) is 3.79. The van der Waals surface area contributed by atoms with Crippen LogP contribution < -0.4 is 0 Å². The van der Waals surface area contributed by atoms with Crippen molar-refractivity contribution in [1.82, 2.24) is 10.2 Å². The Kier molecular flexibility index (Phi) is 5.47. The van der Waals surface area contributed by atoms with Crippen molar-refractivity contribution in [3.63, 3.8) is 0 Å². The SMILES string of the molecule is FCCCCCSc1nnc(C(F)(F)F)s1. The lowest BCUT2D eigenvalue weighted by Gasteiger charge is -1.98. The van der Waals surface area contributed by atoms with Crippen LogP contribution >= 0.6 is 23.1 Å². The molecule has 0 aliphatic rings. The zero-order valence-electron chi connectivity index (χ0n) is 8.26. The highest BCUT2D eigenvalue weighted by molar-refractivity contribution is 8.01. The highest BCUT2D eigenvalue weighted by Gasteiger charge is 2.35. The Morgan fingerprint density at radius 2 is 1.88 bits per heavy atom. The first-order valence-electron chi connectivity index (χ1n) is 4.63. The molecule has 1 rings (SSSR count). The van der Waals surface area contributed by atoms with Crippen LogP contribution in [0.15, 0.2) is 4.34 Å². The van der Waals surface area contributed by atoms with E-state index in [4.69, 9.17) is 0 Å². The van der Waals surface area contributed by atoms with E-state index in [0.29, 0.717) is 27.9 Å². The summed E-state index contributed by atoms with van der Waals surface area (Å²) < 4.78 is 48.5. The van der Waals surface area contributed by atoms with Crippen LogP contribution in [0.2, 0.25) is 0 Å². The molecule has 0 atom stereocenters. The van der Waals surface area contributed by atoms with Crippen molar-refractivity contribution in [3.8, 4) is 0 Å². The molecule has 1 aromatic heterocycles. The van der Waals surface area contributed by atoms with Gasteiger partial charge >= 0.3 is 6.18 Å².